The van der Waals surface area contributed by atoms with Gasteiger partial charge in [0.25, 0.3) is 0 Å². The molecule has 1 aliphatic carbocycles. The Morgan fingerprint density at radius 3 is 2.55 bits per heavy atom. The lowest BCUT2D eigenvalue weighted by atomic mass is 9.70. The number of nitrogens with one attached hydrogen (secondary N) is 2. The normalized spacial score (nSPS) is 26.5. The molecule has 4 heteroatoms. The van der Waals surface area contributed by atoms with Crippen LogP contribution in [0.25, 0.3) is 0 Å². The third-order valence-corrected chi connectivity index (χ3v) is 5.14. The van der Waals surface area contributed by atoms with Gasteiger partial charge in [-0.2, -0.15) is 5.10 Å². The van der Waals surface area contributed by atoms with Gasteiger partial charge in [0.15, 0.2) is 0 Å². The molecule has 20 heavy (non-hydrogen) atoms. The zero-order valence-corrected chi connectivity index (χ0v) is 13.2. The molecule has 4 nitrogen and oxygen atoms in total. The largest absolute Gasteiger partial charge is 0.352 e. The fraction of sp³-hybridized carbons (Fsp3) is 0.750. The van der Waals surface area contributed by atoms with E-state index in [0.29, 0.717) is 12.0 Å². The summed E-state index contributed by atoms with van der Waals surface area (Å²) in [5, 5.41) is 10.2. The van der Waals surface area contributed by atoms with Crippen molar-refractivity contribution in [2.45, 2.75) is 66.3 Å². The van der Waals surface area contributed by atoms with E-state index in [1.54, 1.807) is 0 Å². The van der Waals surface area contributed by atoms with Gasteiger partial charge in [-0.3, -0.25) is 9.89 Å². The van der Waals surface area contributed by atoms with Crippen LogP contribution in [-0.2, 0) is 11.3 Å². The molecule has 1 saturated carbocycles. The molecule has 2 N–H and O–H groups in total. The number of carbonyl (C=O) groups is 1. The van der Waals surface area contributed by atoms with Gasteiger partial charge < -0.3 is 5.32 Å². The van der Waals surface area contributed by atoms with E-state index in [4.69, 9.17) is 0 Å². The number of carbonyl (C=O) groups excluding carboxylic acids is 1. The maximum absolute atomic E-state index is 12.3. The third-order valence-electron chi connectivity index (χ3n) is 5.14. The van der Waals surface area contributed by atoms with Crippen molar-refractivity contribution in [3.63, 3.8) is 0 Å². The van der Waals surface area contributed by atoms with Crippen LogP contribution in [0.4, 0.5) is 0 Å². The van der Waals surface area contributed by atoms with Crippen molar-refractivity contribution >= 4 is 5.91 Å². The Hall–Kier alpha value is -1.32. The van der Waals surface area contributed by atoms with Crippen LogP contribution in [0.5, 0.6) is 0 Å². The van der Waals surface area contributed by atoms with Gasteiger partial charge in [0.05, 0.1) is 5.69 Å². The van der Waals surface area contributed by atoms with E-state index in [-0.39, 0.29) is 11.8 Å². The average molecular weight is 277 g/mol. The minimum atomic E-state index is 0.196. The lowest BCUT2D eigenvalue weighted by Gasteiger charge is -2.36. The van der Waals surface area contributed by atoms with Crippen molar-refractivity contribution in [2.24, 2.45) is 11.3 Å². The summed E-state index contributed by atoms with van der Waals surface area (Å²) in [6, 6.07) is 0. The van der Waals surface area contributed by atoms with Crippen molar-refractivity contribution in [2.75, 3.05) is 0 Å². The highest BCUT2D eigenvalue weighted by atomic mass is 16.1. The van der Waals surface area contributed by atoms with E-state index in [9.17, 15) is 4.79 Å². The average Bonchev–Trinajstić information content (AvgIpc) is 2.76. The van der Waals surface area contributed by atoms with E-state index < -0.39 is 0 Å². The van der Waals surface area contributed by atoms with Gasteiger partial charge in [-0.15, -0.1) is 0 Å². The Balaban J connectivity index is 1.85. The molecule has 1 amide bonds. The van der Waals surface area contributed by atoms with Crippen LogP contribution in [-0.4, -0.2) is 16.1 Å². The van der Waals surface area contributed by atoms with Gasteiger partial charge in [-0.05, 0) is 44.9 Å². The van der Waals surface area contributed by atoms with Gasteiger partial charge >= 0.3 is 0 Å². The van der Waals surface area contributed by atoms with Crippen molar-refractivity contribution in [1.82, 2.24) is 15.5 Å². The van der Waals surface area contributed by atoms with Crippen LogP contribution in [0, 0.1) is 25.2 Å². The Bertz CT molecular complexity index is 451. The molecule has 112 valence electrons. The molecule has 0 aliphatic heterocycles. The highest BCUT2D eigenvalue weighted by Crippen LogP contribution is 2.40. The molecular formula is C16H27N3O. The summed E-state index contributed by atoms with van der Waals surface area (Å²) in [5.41, 5.74) is 3.59. The first-order chi connectivity index (χ1) is 9.45. The second-order valence-corrected chi connectivity index (χ2v) is 6.57. The van der Waals surface area contributed by atoms with Gasteiger partial charge in [0, 0.05) is 23.7 Å². The zero-order chi connectivity index (χ0) is 14.8. The van der Waals surface area contributed by atoms with Gasteiger partial charge in [-0.25, -0.2) is 0 Å². The number of amides is 1. The second-order valence-electron chi connectivity index (χ2n) is 6.57. The van der Waals surface area contributed by atoms with E-state index in [1.165, 1.54) is 19.3 Å². The molecule has 0 spiro atoms. The molecule has 1 fully saturated rings. The monoisotopic (exact) mass is 277 g/mol. The van der Waals surface area contributed by atoms with E-state index >= 15 is 0 Å². The number of hydrogen-bond acceptors (Lipinski definition) is 2. The van der Waals surface area contributed by atoms with Gasteiger partial charge in [0.2, 0.25) is 5.91 Å². The Morgan fingerprint density at radius 2 is 2.05 bits per heavy atom. The Kier molecular flexibility index (Phi) is 4.51. The molecule has 1 aliphatic rings. The molecule has 0 atom stereocenters. The standard InChI is InChI=1S/C16H27N3O/c1-5-16(4)8-6-13(7-9-16)15(20)17-10-14-11(2)18-19-12(14)3/h13H,5-10H2,1-4H3,(H,17,20)(H,18,19). The molecule has 0 unspecified atom stereocenters. The number of rotatable bonds is 4. The number of H-pyrrole nitrogens is 1. The number of nitrogens with zero attached hydrogens (tertiary/aromatic N) is 1. The van der Waals surface area contributed by atoms with Crippen LogP contribution in [0.15, 0.2) is 0 Å². The predicted octanol–water partition coefficient (Wildman–Crippen LogP) is 3.25. The highest BCUT2D eigenvalue weighted by Gasteiger charge is 2.32. The number of aromatic nitrogens is 2. The van der Waals surface area contributed by atoms with Gasteiger partial charge in [-0.1, -0.05) is 20.3 Å². The van der Waals surface area contributed by atoms with Crippen molar-refractivity contribution < 1.29 is 4.79 Å². The highest BCUT2D eigenvalue weighted by molar-refractivity contribution is 5.78. The number of aryl methyl sites for hydroxylation is 2. The first kappa shape index (κ1) is 15.1. The molecular weight excluding hydrogens is 250 g/mol. The summed E-state index contributed by atoms with van der Waals surface area (Å²) < 4.78 is 0. The Morgan fingerprint density at radius 1 is 1.40 bits per heavy atom. The molecule has 0 radical (unpaired) electrons. The third kappa shape index (κ3) is 3.22. The number of hydrogen-bond donors (Lipinski definition) is 2. The van der Waals surface area contributed by atoms with Crippen LogP contribution in [0.2, 0.25) is 0 Å². The summed E-state index contributed by atoms with van der Waals surface area (Å²) >= 11 is 0. The van der Waals surface area contributed by atoms with Crippen LogP contribution < -0.4 is 5.32 Å². The minimum absolute atomic E-state index is 0.196. The van der Waals surface area contributed by atoms with Crippen molar-refractivity contribution in [3.8, 4) is 0 Å². The maximum atomic E-state index is 12.3. The van der Waals surface area contributed by atoms with E-state index in [1.807, 2.05) is 13.8 Å². The quantitative estimate of drug-likeness (QED) is 0.887. The lowest BCUT2D eigenvalue weighted by Crippen LogP contribution is -2.35. The lowest BCUT2D eigenvalue weighted by molar-refractivity contribution is -0.126. The van der Waals surface area contributed by atoms with Gasteiger partial charge in [0.1, 0.15) is 0 Å². The summed E-state index contributed by atoms with van der Waals surface area (Å²) in [4.78, 5) is 12.3. The Labute approximate surface area is 121 Å². The van der Waals surface area contributed by atoms with Crippen molar-refractivity contribution in [3.05, 3.63) is 17.0 Å². The fourth-order valence-corrected chi connectivity index (χ4v) is 3.08. The molecule has 1 aromatic heterocycles. The predicted molar refractivity (Wildman–Crippen MR) is 80.3 cm³/mol. The smallest absolute Gasteiger partial charge is 0.223 e. The summed E-state index contributed by atoms with van der Waals surface area (Å²) in [6.07, 6.45) is 5.62. The fourth-order valence-electron chi connectivity index (χ4n) is 3.08. The first-order valence-electron chi connectivity index (χ1n) is 7.73. The maximum Gasteiger partial charge on any atom is 0.223 e. The molecule has 1 aromatic rings. The summed E-state index contributed by atoms with van der Waals surface area (Å²) in [5.74, 6) is 0.408. The van der Waals surface area contributed by atoms with Crippen LogP contribution in [0.1, 0.15) is 62.9 Å². The summed E-state index contributed by atoms with van der Waals surface area (Å²) in [6.45, 7) is 9.16. The van der Waals surface area contributed by atoms with E-state index in [0.717, 1.165) is 29.8 Å². The molecule has 0 bridgehead atoms. The SMILES string of the molecule is CCC1(C)CCC(C(=O)NCc2c(C)n[nH]c2C)CC1. The molecule has 0 saturated heterocycles. The second kappa shape index (κ2) is 5.98. The first-order valence-corrected chi connectivity index (χ1v) is 7.73. The molecule has 1 heterocycles. The minimum Gasteiger partial charge on any atom is -0.352 e. The topological polar surface area (TPSA) is 57.8 Å². The van der Waals surface area contributed by atoms with Crippen LogP contribution >= 0.6 is 0 Å². The van der Waals surface area contributed by atoms with E-state index in [2.05, 4.69) is 29.4 Å². The van der Waals surface area contributed by atoms with Crippen molar-refractivity contribution in [1.29, 1.82) is 0 Å². The molecule has 2 rings (SSSR count). The number of aromatic amines is 1. The zero-order valence-electron chi connectivity index (χ0n) is 13.2. The molecule has 0 aromatic carbocycles. The summed E-state index contributed by atoms with van der Waals surface area (Å²) in [7, 11) is 0. The van der Waals surface area contributed by atoms with Crippen LogP contribution in [0.3, 0.4) is 0 Å².